The summed E-state index contributed by atoms with van der Waals surface area (Å²) in [5.74, 6) is 2.18. The van der Waals surface area contributed by atoms with E-state index in [1.165, 1.54) is 7.11 Å². The van der Waals surface area contributed by atoms with Crippen LogP contribution in [0.2, 0.25) is 0 Å². The highest BCUT2D eigenvalue weighted by atomic mass is 16.5. The van der Waals surface area contributed by atoms with Crippen molar-refractivity contribution in [2.75, 3.05) is 26.7 Å². The fourth-order valence-corrected chi connectivity index (χ4v) is 6.36. The average molecular weight is 666 g/mol. The number of ether oxygens (including phenoxy) is 2. The molecule has 3 aromatic carbocycles. The Balaban J connectivity index is 1.22. The molecule has 256 valence electrons. The minimum absolute atomic E-state index is 0.144. The van der Waals surface area contributed by atoms with Crippen LogP contribution in [0.1, 0.15) is 63.7 Å². The van der Waals surface area contributed by atoms with E-state index in [1.807, 2.05) is 24.8 Å². The molecule has 6 rings (SSSR count). The number of methoxy groups -OCH3 is 1. The van der Waals surface area contributed by atoms with Crippen LogP contribution in [0.15, 0.2) is 48.7 Å². The molecule has 0 radical (unpaired) electrons. The molecule has 12 heteroatoms. The highest BCUT2D eigenvalue weighted by Crippen LogP contribution is 2.42. The third-order valence-electron chi connectivity index (χ3n) is 8.74. The lowest BCUT2D eigenvalue weighted by molar-refractivity contribution is -0.132. The second-order valence-electron chi connectivity index (χ2n) is 12.3. The van der Waals surface area contributed by atoms with Crippen LogP contribution in [0, 0.1) is 0 Å². The van der Waals surface area contributed by atoms with E-state index >= 15 is 0 Å². The van der Waals surface area contributed by atoms with Crippen LogP contribution in [0.5, 0.6) is 5.75 Å². The number of carbonyl (C=O) groups excluding carboxylic acids is 3. The Morgan fingerprint density at radius 2 is 1.67 bits per heavy atom. The fourth-order valence-electron chi connectivity index (χ4n) is 6.36. The predicted molar refractivity (Wildman–Crippen MR) is 188 cm³/mol. The number of aromatic amines is 2. The van der Waals surface area contributed by atoms with E-state index < -0.39 is 6.09 Å². The number of imidazole rings is 2. The number of carbonyl (C=O) groups is 3. The number of nitrogens with zero attached hydrogens (tertiary/aromatic N) is 4. The Morgan fingerprint density at radius 1 is 0.898 bits per heavy atom. The summed E-state index contributed by atoms with van der Waals surface area (Å²) in [6.45, 7) is 8.37. The van der Waals surface area contributed by atoms with Crippen molar-refractivity contribution in [2.24, 2.45) is 0 Å². The normalized spacial score (nSPS) is 11.9. The zero-order chi connectivity index (χ0) is 34.5. The van der Waals surface area contributed by atoms with E-state index in [4.69, 9.17) is 9.72 Å². The molecule has 0 bridgehead atoms. The van der Waals surface area contributed by atoms with E-state index in [9.17, 15) is 14.4 Å². The molecule has 0 unspecified atom stereocenters. The summed E-state index contributed by atoms with van der Waals surface area (Å²) in [6.07, 6.45) is 4.16. The maximum atomic E-state index is 12.7. The lowest BCUT2D eigenvalue weighted by atomic mass is 9.92. The van der Waals surface area contributed by atoms with Crippen molar-refractivity contribution in [3.05, 3.63) is 65.9 Å². The van der Waals surface area contributed by atoms with Crippen molar-refractivity contribution >= 4 is 39.7 Å². The van der Waals surface area contributed by atoms with Gasteiger partial charge in [0.25, 0.3) is 0 Å². The number of amides is 3. The number of hydrogen-bond donors (Lipinski definition) is 3. The molecule has 49 heavy (non-hydrogen) atoms. The Bertz CT molecular complexity index is 2000. The molecular weight excluding hydrogens is 622 g/mol. The third kappa shape index (κ3) is 7.23. The fraction of sp³-hybridized carbons (Fsp3) is 0.378. The lowest BCUT2D eigenvalue weighted by Gasteiger charge is -2.22. The molecule has 3 heterocycles. The maximum Gasteiger partial charge on any atom is 0.407 e. The molecule has 0 aliphatic carbocycles. The van der Waals surface area contributed by atoms with Crippen LogP contribution in [0.4, 0.5) is 4.79 Å². The van der Waals surface area contributed by atoms with E-state index in [0.717, 1.165) is 80.6 Å². The summed E-state index contributed by atoms with van der Waals surface area (Å²) in [4.78, 5) is 56.7. The Labute approximate surface area is 285 Å². The zero-order valence-electron chi connectivity index (χ0n) is 28.5. The molecule has 1 aliphatic rings. The van der Waals surface area contributed by atoms with Gasteiger partial charge in [-0.05, 0) is 65.6 Å². The minimum atomic E-state index is -0.645. The first-order valence-corrected chi connectivity index (χ1v) is 16.9. The first-order valence-electron chi connectivity index (χ1n) is 16.9. The molecule has 0 saturated carbocycles. The summed E-state index contributed by atoms with van der Waals surface area (Å²) < 4.78 is 10.9. The van der Waals surface area contributed by atoms with Gasteiger partial charge in [-0.25, -0.2) is 14.8 Å². The molecule has 2 aromatic heterocycles. The number of hydrogen-bond acceptors (Lipinski definition) is 7. The molecule has 12 nitrogen and oxygen atoms in total. The van der Waals surface area contributed by atoms with Gasteiger partial charge in [-0.2, -0.15) is 0 Å². The number of rotatable bonds is 13. The van der Waals surface area contributed by atoms with Gasteiger partial charge in [0.1, 0.15) is 30.5 Å². The molecule has 1 aliphatic heterocycles. The second-order valence-corrected chi connectivity index (χ2v) is 12.3. The molecule has 0 saturated heterocycles. The molecule has 5 aromatic rings. The standard InChI is InChI=1S/C37H43N7O5/c1-5-8-34(45)43(13-6-2)21-33-40-29-12-10-23-16-28-26-11-9-24(15-25(26)22-49-31(28)17-27(23)36(29)42-33)30-18-38-32(41-30)20-44(14-7-3)35(46)19-39-37(47)48-4/h9-12,15-18H,5-8,13-14,19-22H2,1-4H3,(H,38,41)(H,39,47)(H,40,42). The molecule has 0 spiro atoms. The van der Waals surface area contributed by atoms with Crippen LogP contribution in [-0.2, 0) is 34.0 Å². The summed E-state index contributed by atoms with van der Waals surface area (Å²) in [5, 5.41) is 4.51. The number of nitrogens with one attached hydrogen (secondary N) is 3. The molecular formula is C37H43N7O5. The van der Waals surface area contributed by atoms with Crippen LogP contribution < -0.4 is 10.1 Å². The zero-order valence-corrected chi connectivity index (χ0v) is 28.5. The van der Waals surface area contributed by atoms with Crippen molar-refractivity contribution in [1.82, 2.24) is 35.1 Å². The SMILES string of the molecule is CCCC(=O)N(CCC)Cc1nc2c(ccc3cc4c(cc32)OCc2cc(-c3cnc(CN(CCC)C(=O)CNC(=O)OC)[nH]3)ccc2-4)[nH]1. The predicted octanol–water partition coefficient (Wildman–Crippen LogP) is 6.30. The quantitative estimate of drug-likeness (QED) is 0.134. The van der Waals surface area contributed by atoms with Crippen molar-refractivity contribution in [3.8, 4) is 28.1 Å². The topological polar surface area (TPSA) is 146 Å². The molecule has 0 fully saturated rings. The summed E-state index contributed by atoms with van der Waals surface area (Å²) in [7, 11) is 1.26. The smallest absolute Gasteiger partial charge is 0.407 e. The summed E-state index contributed by atoms with van der Waals surface area (Å²) >= 11 is 0. The number of H-pyrrole nitrogens is 2. The van der Waals surface area contributed by atoms with Gasteiger partial charge >= 0.3 is 6.09 Å². The van der Waals surface area contributed by atoms with Gasteiger partial charge in [0.05, 0.1) is 43.1 Å². The van der Waals surface area contributed by atoms with Crippen molar-refractivity contribution < 1.29 is 23.9 Å². The van der Waals surface area contributed by atoms with Gasteiger partial charge in [0.15, 0.2) is 0 Å². The van der Waals surface area contributed by atoms with Crippen LogP contribution in [0.3, 0.4) is 0 Å². The Kier molecular flexibility index (Phi) is 10.1. The molecule has 0 atom stereocenters. The maximum absolute atomic E-state index is 12.7. The highest BCUT2D eigenvalue weighted by Gasteiger charge is 2.22. The van der Waals surface area contributed by atoms with E-state index in [2.05, 4.69) is 68.3 Å². The number of alkyl carbamates (subject to hydrolysis) is 1. The van der Waals surface area contributed by atoms with Gasteiger partial charge in [-0.1, -0.05) is 39.0 Å². The summed E-state index contributed by atoms with van der Waals surface area (Å²) in [6, 6.07) is 14.7. The number of benzene rings is 3. The van der Waals surface area contributed by atoms with Crippen LogP contribution in [0.25, 0.3) is 44.2 Å². The van der Waals surface area contributed by atoms with E-state index in [0.29, 0.717) is 45.0 Å². The third-order valence-corrected chi connectivity index (χ3v) is 8.74. The lowest BCUT2D eigenvalue weighted by Crippen LogP contribution is -2.40. The second kappa shape index (κ2) is 14.8. The van der Waals surface area contributed by atoms with Gasteiger partial charge in [0, 0.05) is 30.5 Å². The van der Waals surface area contributed by atoms with Crippen LogP contribution in [-0.4, -0.2) is 74.4 Å². The van der Waals surface area contributed by atoms with Gasteiger partial charge in [-0.15, -0.1) is 0 Å². The first-order chi connectivity index (χ1) is 23.8. The van der Waals surface area contributed by atoms with Gasteiger partial charge in [-0.3, -0.25) is 9.59 Å². The summed E-state index contributed by atoms with van der Waals surface area (Å²) in [5.41, 5.74) is 6.80. The molecule has 3 N–H and O–H groups in total. The van der Waals surface area contributed by atoms with Crippen molar-refractivity contribution in [3.63, 3.8) is 0 Å². The van der Waals surface area contributed by atoms with Crippen molar-refractivity contribution in [1.29, 1.82) is 0 Å². The monoisotopic (exact) mass is 665 g/mol. The van der Waals surface area contributed by atoms with Gasteiger partial charge in [0.2, 0.25) is 11.8 Å². The average Bonchev–Trinajstić information content (AvgIpc) is 3.76. The first kappa shape index (κ1) is 33.5. The van der Waals surface area contributed by atoms with Gasteiger partial charge < -0.3 is 34.6 Å². The number of aromatic nitrogens is 4. The highest BCUT2D eigenvalue weighted by molar-refractivity contribution is 6.07. The Morgan fingerprint density at radius 3 is 2.43 bits per heavy atom. The number of fused-ring (bicyclic) bond motifs is 6. The van der Waals surface area contributed by atoms with Crippen molar-refractivity contribution in [2.45, 2.75) is 66.2 Å². The molecule has 3 amide bonds. The largest absolute Gasteiger partial charge is 0.488 e. The Hall–Kier alpha value is -5.39. The van der Waals surface area contributed by atoms with E-state index in [1.54, 1.807) is 11.1 Å². The minimum Gasteiger partial charge on any atom is -0.488 e. The van der Waals surface area contributed by atoms with Crippen LogP contribution >= 0.6 is 0 Å². The van der Waals surface area contributed by atoms with E-state index in [-0.39, 0.29) is 18.4 Å².